The number of fused-ring (bicyclic) bond motifs is 1. The Labute approximate surface area is 221 Å². The molecule has 2 aromatic carbocycles. The van der Waals surface area contributed by atoms with Crippen molar-refractivity contribution in [2.45, 2.75) is 38.1 Å². The summed E-state index contributed by atoms with van der Waals surface area (Å²) in [7, 11) is 0. The van der Waals surface area contributed by atoms with Crippen LogP contribution in [0.3, 0.4) is 0 Å². The number of piperazine rings is 1. The molecule has 0 unspecified atom stereocenters. The Morgan fingerprint density at radius 3 is 2.46 bits per heavy atom. The number of benzene rings is 2. The molecular formula is C29H31ClN6O. The molecule has 2 aliphatic rings. The van der Waals surface area contributed by atoms with Gasteiger partial charge >= 0.3 is 0 Å². The first-order chi connectivity index (χ1) is 18.1. The fourth-order valence-electron chi connectivity index (χ4n) is 5.50. The van der Waals surface area contributed by atoms with E-state index in [9.17, 15) is 4.79 Å². The van der Waals surface area contributed by atoms with Crippen molar-refractivity contribution in [1.29, 1.82) is 0 Å². The minimum absolute atomic E-state index is 0.0411. The van der Waals surface area contributed by atoms with Gasteiger partial charge in [0.15, 0.2) is 0 Å². The van der Waals surface area contributed by atoms with E-state index >= 15 is 0 Å². The van der Waals surface area contributed by atoms with Crippen LogP contribution in [0.5, 0.6) is 0 Å². The summed E-state index contributed by atoms with van der Waals surface area (Å²) in [5, 5.41) is 8.31. The molecule has 1 aliphatic carbocycles. The van der Waals surface area contributed by atoms with Crippen LogP contribution >= 0.6 is 11.6 Å². The van der Waals surface area contributed by atoms with Gasteiger partial charge in [-0.05, 0) is 60.9 Å². The van der Waals surface area contributed by atoms with Gasteiger partial charge in [-0.1, -0.05) is 36.6 Å². The van der Waals surface area contributed by atoms with Crippen LogP contribution in [0.25, 0.3) is 11.0 Å². The van der Waals surface area contributed by atoms with E-state index in [1.807, 2.05) is 41.1 Å². The zero-order valence-corrected chi connectivity index (χ0v) is 21.5. The summed E-state index contributed by atoms with van der Waals surface area (Å²) in [4.78, 5) is 25.6. The average molecular weight is 515 g/mol. The summed E-state index contributed by atoms with van der Waals surface area (Å²) in [5.41, 5.74) is 4.70. The van der Waals surface area contributed by atoms with Crippen LogP contribution in [0.4, 0.5) is 17.3 Å². The summed E-state index contributed by atoms with van der Waals surface area (Å²) in [6.07, 6.45) is 6.65. The molecule has 0 radical (unpaired) electrons. The van der Waals surface area contributed by atoms with Gasteiger partial charge in [0.05, 0.1) is 0 Å². The number of hydrogen-bond donors (Lipinski definition) is 2. The van der Waals surface area contributed by atoms with Crippen LogP contribution in [-0.4, -0.2) is 40.7 Å². The second-order valence-corrected chi connectivity index (χ2v) is 10.4. The van der Waals surface area contributed by atoms with E-state index in [-0.39, 0.29) is 11.6 Å². The molecule has 3 heterocycles. The lowest BCUT2D eigenvalue weighted by Gasteiger charge is -2.29. The quantitative estimate of drug-likeness (QED) is 0.363. The predicted molar refractivity (Wildman–Crippen MR) is 150 cm³/mol. The first-order valence-electron chi connectivity index (χ1n) is 13.1. The van der Waals surface area contributed by atoms with Crippen LogP contribution in [0, 0.1) is 0 Å². The molecule has 4 aromatic rings. The molecule has 0 atom stereocenters. The number of halogens is 1. The lowest BCUT2D eigenvalue weighted by Crippen LogP contribution is -2.43. The summed E-state index contributed by atoms with van der Waals surface area (Å²) in [5.74, 6) is 0.499. The maximum Gasteiger partial charge on any atom is 0.256 e. The Morgan fingerprint density at radius 2 is 1.73 bits per heavy atom. The Hall–Kier alpha value is -3.42. The highest BCUT2D eigenvalue weighted by Gasteiger charge is 2.23. The summed E-state index contributed by atoms with van der Waals surface area (Å²) in [6.45, 7) is 4.04. The largest absolute Gasteiger partial charge is 0.369 e. The van der Waals surface area contributed by atoms with Gasteiger partial charge in [0.2, 0.25) is 5.95 Å². The predicted octanol–water partition coefficient (Wildman–Crippen LogP) is 5.30. The zero-order valence-electron chi connectivity index (χ0n) is 20.8. The summed E-state index contributed by atoms with van der Waals surface area (Å²) >= 11 is 6.06. The first kappa shape index (κ1) is 23.9. The van der Waals surface area contributed by atoms with Gasteiger partial charge in [-0.2, -0.15) is 4.98 Å². The molecule has 6 rings (SSSR count). The van der Waals surface area contributed by atoms with Crippen LogP contribution in [-0.2, 0) is 6.42 Å². The monoisotopic (exact) mass is 514 g/mol. The third-order valence-corrected chi connectivity index (χ3v) is 7.70. The molecule has 8 heteroatoms. The summed E-state index contributed by atoms with van der Waals surface area (Å²) < 4.78 is 1.92. The molecule has 1 aliphatic heterocycles. The molecule has 190 valence electrons. The lowest BCUT2D eigenvalue weighted by atomic mass is 10.0. The molecule has 0 amide bonds. The number of rotatable bonds is 6. The maximum atomic E-state index is 13.7. The summed E-state index contributed by atoms with van der Waals surface area (Å²) in [6, 6.07) is 18.2. The number of hydrogen-bond acceptors (Lipinski definition) is 6. The SMILES string of the molecule is O=c1c(Cc2ccc(Cl)cc2)cc2cnc(Nc3ccc(N4CCNCC4)cc3)nc2n1C1CCCC1. The highest BCUT2D eigenvalue weighted by atomic mass is 35.5. The molecule has 2 fully saturated rings. The van der Waals surface area contributed by atoms with Crippen molar-refractivity contribution >= 4 is 40.0 Å². The molecule has 2 aromatic heterocycles. The van der Waals surface area contributed by atoms with Crippen molar-refractivity contribution in [3.8, 4) is 0 Å². The Kier molecular flexibility index (Phi) is 6.81. The molecule has 2 N–H and O–H groups in total. The molecule has 1 saturated carbocycles. The minimum Gasteiger partial charge on any atom is -0.369 e. The van der Waals surface area contributed by atoms with E-state index in [1.165, 1.54) is 5.69 Å². The van der Waals surface area contributed by atoms with Gasteiger partial charge < -0.3 is 15.5 Å². The van der Waals surface area contributed by atoms with Gasteiger partial charge in [-0.3, -0.25) is 9.36 Å². The third-order valence-electron chi connectivity index (χ3n) is 7.45. The standard InChI is InChI=1S/C29H31ClN6O/c30-23-7-5-20(6-8-23)17-21-18-22-19-32-29(34-27(22)36(28(21)37)26-3-1-2-4-26)33-24-9-11-25(12-10-24)35-15-13-31-14-16-35/h5-12,18-19,26,31H,1-4,13-17H2,(H,32,33,34). The fraction of sp³-hybridized carbons (Fsp3) is 0.345. The van der Waals surface area contributed by atoms with E-state index in [0.29, 0.717) is 23.0 Å². The van der Waals surface area contributed by atoms with E-state index in [1.54, 1.807) is 0 Å². The van der Waals surface area contributed by atoms with Crippen molar-refractivity contribution in [3.63, 3.8) is 0 Å². The fourth-order valence-corrected chi connectivity index (χ4v) is 5.62. The molecule has 37 heavy (non-hydrogen) atoms. The van der Waals surface area contributed by atoms with Crippen LogP contribution in [0.15, 0.2) is 65.6 Å². The van der Waals surface area contributed by atoms with Gasteiger partial charge in [0.25, 0.3) is 5.56 Å². The van der Waals surface area contributed by atoms with Crippen molar-refractivity contribution < 1.29 is 0 Å². The topological polar surface area (TPSA) is 75.1 Å². The van der Waals surface area contributed by atoms with Crippen LogP contribution in [0.2, 0.25) is 5.02 Å². The Balaban J connectivity index is 1.32. The molecular weight excluding hydrogens is 484 g/mol. The van der Waals surface area contributed by atoms with Gasteiger partial charge in [-0.25, -0.2) is 4.98 Å². The van der Waals surface area contributed by atoms with E-state index < -0.39 is 0 Å². The Morgan fingerprint density at radius 1 is 1.00 bits per heavy atom. The molecule has 7 nitrogen and oxygen atoms in total. The smallest absolute Gasteiger partial charge is 0.256 e. The minimum atomic E-state index is 0.0411. The highest BCUT2D eigenvalue weighted by molar-refractivity contribution is 6.30. The molecule has 1 saturated heterocycles. The molecule has 0 spiro atoms. The first-order valence-corrected chi connectivity index (χ1v) is 13.5. The number of aromatic nitrogens is 3. The zero-order chi connectivity index (χ0) is 25.2. The third kappa shape index (κ3) is 5.20. The molecule has 0 bridgehead atoms. The Bertz CT molecular complexity index is 1440. The lowest BCUT2D eigenvalue weighted by molar-refractivity contribution is 0.513. The second kappa shape index (κ2) is 10.5. The number of pyridine rings is 1. The van der Waals surface area contributed by atoms with Crippen molar-refractivity contribution in [1.82, 2.24) is 19.9 Å². The van der Waals surface area contributed by atoms with Gasteiger partial charge in [-0.15, -0.1) is 0 Å². The van der Waals surface area contributed by atoms with Gasteiger partial charge in [0.1, 0.15) is 5.65 Å². The van der Waals surface area contributed by atoms with Crippen LogP contribution < -0.4 is 21.1 Å². The van der Waals surface area contributed by atoms with Crippen LogP contribution in [0.1, 0.15) is 42.9 Å². The maximum absolute atomic E-state index is 13.7. The van der Waals surface area contributed by atoms with Crippen molar-refractivity contribution in [3.05, 3.63) is 87.3 Å². The normalized spacial score (nSPS) is 16.4. The highest BCUT2D eigenvalue weighted by Crippen LogP contribution is 2.31. The average Bonchev–Trinajstić information content (AvgIpc) is 3.46. The van der Waals surface area contributed by atoms with Crippen molar-refractivity contribution in [2.75, 3.05) is 36.4 Å². The van der Waals surface area contributed by atoms with Gasteiger partial charge in [0, 0.05) is 72.2 Å². The number of nitrogens with one attached hydrogen (secondary N) is 2. The second-order valence-electron chi connectivity index (χ2n) is 9.97. The van der Waals surface area contributed by atoms with Crippen molar-refractivity contribution in [2.24, 2.45) is 0 Å². The number of nitrogens with zero attached hydrogens (tertiary/aromatic N) is 4. The van der Waals surface area contributed by atoms with E-state index in [2.05, 4.69) is 44.8 Å². The number of anilines is 3. The van der Waals surface area contributed by atoms with E-state index in [0.717, 1.165) is 74.1 Å². The van der Waals surface area contributed by atoms with E-state index in [4.69, 9.17) is 16.6 Å².